The first-order valence-corrected chi connectivity index (χ1v) is 7.77. The van der Waals surface area contributed by atoms with Gasteiger partial charge in [0.25, 0.3) is 0 Å². The third-order valence-electron chi connectivity index (χ3n) is 4.76. The van der Waals surface area contributed by atoms with Crippen LogP contribution in [0, 0.1) is 0 Å². The highest BCUT2D eigenvalue weighted by atomic mass is 16.3. The lowest BCUT2D eigenvalue weighted by Gasteiger charge is -2.39. The minimum absolute atomic E-state index is 0.261. The fraction of sp³-hybridized carbons (Fsp3) is 0.529. The SMILES string of the molecule is CN(C)C1CCN(C(CN)c2coc3ccccc23)CC1. The van der Waals surface area contributed by atoms with Gasteiger partial charge in [0.15, 0.2) is 0 Å². The maximum Gasteiger partial charge on any atom is 0.134 e. The van der Waals surface area contributed by atoms with E-state index in [1.165, 1.54) is 23.8 Å². The molecule has 0 amide bonds. The van der Waals surface area contributed by atoms with Crippen molar-refractivity contribution in [3.8, 4) is 0 Å². The van der Waals surface area contributed by atoms with Gasteiger partial charge in [0.2, 0.25) is 0 Å². The first kappa shape index (κ1) is 14.6. The van der Waals surface area contributed by atoms with Gasteiger partial charge in [0.1, 0.15) is 5.58 Å². The summed E-state index contributed by atoms with van der Waals surface area (Å²) in [5.41, 5.74) is 8.27. The Morgan fingerprint density at radius 2 is 2.00 bits per heavy atom. The van der Waals surface area contributed by atoms with E-state index in [9.17, 15) is 0 Å². The number of hydrogen-bond donors (Lipinski definition) is 1. The molecule has 21 heavy (non-hydrogen) atoms. The molecule has 0 saturated carbocycles. The predicted molar refractivity (Wildman–Crippen MR) is 86.3 cm³/mol. The Balaban J connectivity index is 1.80. The molecule has 1 atom stereocenters. The van der Waals surface area contributed by atoms with Gasteiger partial charge in [-0.15, -0.1) is 0 Å². The number of nitrogens with zero attached hydrogens (tertiary/aromatic N) is 2. The molecule has 4 heteroatoms. The maximum absolute atomic E-state index is 6.09. The van der Waals surface area contributed by atoms with Crippen LogP contribution < -0.4 is 5.73 Å². The Bertz CT molecular complexity index is 584. The topological polar surface area (TPSA) is 45.6 Å². The summed E-state index contributed by atoms with van der Waals surface area (Å²) in [7, 11) is 4.34. The summed E-state index contributed by atoms with van der Waals surface area (Å²) in [6.07, 6.45) is 4.30. The summed E-state index contributed by atoms with van der Waals surface area (Å²) in [4.78, 5) is 4.85. The molecule has 1 fully saturated rings. The minimum atomic E-state index is 0.261. The second-order valence-electron chi connectivity index (χ2n) is 6.17. The molecular formula is C17H25N3O. The van der Waals surface area contributed by atoms with Gasteiger partial charge in [0.05, 0.1) is 12.3 Å². The Morgan fingerprint density at radius 3 is 2.67 bits per heavy atom. The number of furan rings is 1. The molecule has 0 bridgehead atoms. The molecular weight excluding hydrogens is 262 g/mol. The second-order valence-corrected chi connectivity index (χ2v) is 6.17. The lowest BCUT2D eigenvalue weighted by Crippen LogP contribution is -2.45. The van der Waals surface area contributed by atoms with Gasteiger partial charge in [-0.2, -0.15) is 0 Å². The molecule has 3 rings (SSSR count). The van der Waals surface area contributed by atoms with Gasteiger partial charge >= 0.3 is 0 Å². The summed E-state index contributed by atoms with van der Waals surface area (Å²) in [5, 5.41) is 1.20. The molecule has 1 aromatic carbocycles. The van der Waals surface area contributed by atoms with E-state index in [-0.39, 0.29) is 6.04 Å². The van der Waals surface area contributed by atoms with Gasteiger partial charge in [-0.05, 0) is 33.0 Å². The van der Waals surface area contributed by atoms with Crippen LogP contribution in [-0.2, 0) is 0 Å². The molecule has 1 aliphatic heterocycles. The Hall–Kier alpha value is -1.36. The van der Waals surface area contributed by atoms with Crippen molar-refractivity contribution in [2.75, 3.05) is 33.7 Å². The molecule has 114 valence electrons. The lowest BCUT2D eigenvalue weighted by atomic mass is 9.98. The molecule has 1 unspecified atom stereocenters. The number of para-hydroxylation sites is 1. The van der Waals surface area contributed by atoms with Gasteiger partial charge in [-0.25, -0.2) is 0 Å². The van der Waals surface area contributed by atoms with Crippen LogP contribution in [0.5, 0.6) is 0 Å². The Kier molecular flexibility index (Phi) is 4.29. The summed E-state index contributed by atoms with van der Waals surface area (Å²) in [5.74, 6) is 0. The summed E-state index contributed by atoms with van der Waals surface area (Å²) in [6.45, 7) is 2.84. The number of piperidine rings is 1. The third-order valence-corrected chi connectivity index (χ3v) is 4.76. The monoisotopic (exact) mass is 287 g/mol. The van der Waals surface area contributed by atoms with E-state index in [0.29, 0.717) is 12.6 Å². The minimum Gasteiger partial charge on any atom is -0.464 e. The maximum atomic E-state index is 6.09. The third kappa shape index (κ3) is 2.84. The van der Waals surface area contributed by atoms with Crippen molar-refractivity contribution in [2.45, 2.75) is 24.9 Å². The van der Waals surface area contributed by atoms with Gasteiger partial charge < -0.3 is 15.1 Å². The zero-order chi connectivity index (χ0) is 14.8. The van der Waals surface area contributed by atoms with Crippen LogP contribution in [0.2, 0.25) is 0 Å². The highest BCUT2D eigenvalue weighted by Crippen LogP contribution is 2.31. The summed E-state index contributed by atoms with van der Waals surface area (Å²) in [6, 6.07) is 9.18. The summed E-state index contributed by atoms with van der Waals surface area (Å²) < 4.78 is 5.69. The van der Waals surface area contributed by atoms with Gasteiger partial charge in [-0.1, -0.05) is 18.2 Å². The number of nitrogens with two attached hydrogens (primary N) is 1. The molecule has 1 aromatic heterocycles. The zero-order valence-corrected chi connectivity index (χ0v) is 13.0. The molecule has 2 heterocycles. The average Bonchev–Trinajstić information content (AvgIpc) is 2.93. The molecule has 2 N–H and O–H groups in total. The molecule has 1 aliphatic rings. The van der Waals surface area contributed by atoms with Gasteiger partial charge in [0, 0.05) is 36.6 Å². The van der Waals surface area contributed by atoms with Crippen LogP contribution >= 0.6 is 0 Å². The number of hydrogen-bond acceptors (Lipinski definition) is 4. The van der Waals surface area contributed by atoms with E-state index in [2.05, 4.69) is 36.0 Å². The normalized spacial score (nSPS) is 19.4. The van der Waals surface area contributed by atoms with Gasteiger partial charge in [-0.3, -0.25) is 4.90 Å². The van der Waals surface area contributed by atoms with Crippen LogP contribution in [0.15, 0.2) is 34.9 Å². The van der Waals surface area contributed by atoms with Crippen LogP contribution in [-0.4, -0.2) is 49.6 Å². The van der Waals surface area contributed by atoms with Crippen molar-refractivity contribution in [3.63, 3.8) is 0 Å². The predicted octanol–water partition coefficient (Wildman–Crippen LogP) is 2.46. The quantitative estimate of drug-likeness (QED) is 0.938. The van der Waals surface area contributed by atoms with Crippen molar-refractivity contribution < 1.29 is 4.42 Å². The van der Waals surface area contributed by atoms with E-state index >= 15 is 0 Å². The van der Waals surface area contributed by atoms with E-state index < -0.39 is 0 Å². The van der Waals surface area contributed by atoms with E-state index in [4.69, 9.17) is 10.2 Å². The smallest absolute Gasteiger partial charge is 0.134 e. The summed E-state index contributed by atoms with van der Waals surface area (Å²) >= 11 is 0. The molecule has 1 saturated heterocycles. The van der Waals surface area contributed by atoms with Crippen LogP contribution in [0.4, 0.5) is 0 Å². The number of fused-ring (bicyclic) bond motifs is 1. The van der Waals surface area contributed by atoms with Crippen LogP contribution in [0.3, 0.4) is 0 Å². The van der Waals surface area contributed by atoms with Crippen molar-refractivity contribution >= 4 is 11.0 Å². The van der Waals surface area contributed by atoms with Crippen molar-refractivity contribution in [1.29, 1.82) is 0 Å². The highest BCUT2D eigenvalue weighted by molar-refractivity contribution is 5.81. The highest BCUT2D eigenvalue weighted by Gasteiger charge is 2.27. The van der Waals surface area contributed by atoms with Crippen LogP contribution in [0.25, 0.3) is 11.0 Å². The van der Waals surface area contributed by atoms with E-state index in [1.807, 2.05) is 18.4 Å². The first-order valence-electron chi connectivity index (χ1n) is 7.77. The standard InChI is InChI=1S/C17H25N3O/c1-19(2)13-7-9-20(10-8-13)16(11-18)15-12-21-17-6-4-3-5-14(15)17/h3-6,12-13,16H,7-11,18H2,1-2H3. The van der Waals surface area contributed by atoms with Crippen molar-refractivity contribution in [3.05, 3.63) is 36.1 Å². The average molecular weight is 287 g/mol. The largest absolute Gasteiger partial charge is 0.464 e. The first-order chi connectivity index (χ1) is 10.2. The van der Waals surface area contributed by atoms with E-state index in [0.717, 1.165) is 18.7 Å². The molecule has 0 spiro atoms. The second kappa shape index (κ2) is 6.18. The molecule has 4 nitrogen and oxygen atoms in total. The molecule has 0 radical (unpaired) electrons. The van der Waals surface area contributed by atoms with E-state index in [1.54, 1.807) is 0 Å². The molecule has 2 aromatic rings. The van der Waals surface area contributed by atoms with Crippen molar-refractivity contribution in [1.82, 2.24) is 9.80 Å². The van der Waals surface area contributed by atoms with Crippen molar-refractivity contribution in [2.24, 2.45) is 5.73 Å². The fourth-order valence-electron chi connectivity index (χ4n) is 3.44. The fourth-order valence-corrected chi connectivity index (χ4v) is 3.44. The number of benzene rings is 1. The Labute approximate surface area is 126 Å². The van der Waals surface area contributed by atoms with Crippen LogP contribution in [0.1, 0.15) is 24.4 Å². The lowest BCUT2D eigenvalue weighted by molar-refractivity contribution is 0.111. The number of rotatable bonds is 4. The number of likely N-dealkylation sites (tertiary alicyclic amines) is 1. The zero-order valence-electron chi connectivity index (χ0n) is 13.0. The molecule has 0 aliphatic carbocycles. The Morgan fingerprint density at radius 1 is 1.29 bits per heavy atom.